The van der Waals surface area contributed by atoms with Crippen LogP contribution in [0.2, 0.25) is 0 Å². The molecule has 2 rings (SSSR count). The van der Waals surface area contributed by atoms with Crippen molar-refractivity contribution in [3.05, 3.63) is 36.5 Å². The molecule has 0 spiro atoms. The van der Waals surface area contributed by atoms with Gasteiger partial charge in [-0.05, 0) is 0 Å². The maximum atomic E-state index is 4.23. The van der Waals surface area contributed by atoms with Crippen molar-refractivity contribution in [1.82, 2.24) is 4.98 Å². The minimum atomic E-state index is 0. The molecule has 1 heterocycles. The van der Waals surface area contributed by atoms with E-state index in [0.29, 0.717) is 0 Å². The predicted molar refractivity (Wildman–Crippen MR) is 61.6 cm³/mol. The Hall–Kier alpha value is -0.232. The van der Waals surface area contributed by atoms with E-state index >= 15 is 0 Å². The zero-order chi connectivity index (χ0) is 7.68. The van der Waals surface area contributed by atoms with Crippen LogP contribution < -0.4 is 4.35 Å². The molecule has 0 saturated carbocycles. The summed E-state index contributed by atoms with van der Waals surface area (Å²) in [4.78, 5) is 4.23. The summed E-state index contributed by atoms with van der Waals surface area (Å²) in [5.41, 5.74) is 1.06. The summed E-state index contributed by atoms with van der Waals surface area (Å²) >= 11 is 2.52. The third kappa shape index (κ3) is 2.87. The van der Waals surface area contributed by atoms with Crippen LogP contribution >= 0.6 is 24.8 Å². The Kier molecular flexibility index (Phi) is 5.39. The second-order valence-corrected chi connectivity index (χ2v) is 3.46. The zero-order valence-corrected chi connectivity index (χ0v) is 10.2. The normalized spacial score (nSPS) is 8.69. The van der Waals surface area contributed by atoms with Gasteiger partial charge in [-0.15, -0.1) is 24.8 Å². The van der Waals surface area contributed by atoms with E-state index in [4.69, 9.17) is 0 Å². The Morgan fingerprint density at radius 1 is 1.08 bits per heavy atom. The van der Waals surface area contributed by atoms with Crippen LogP contribution in [0.15, 0.2) is 36.5 Å². The molecule has 0 atom stereocenters. The average Bonchev–Trinajstić information content (AvgIpc) is 2.04. The quantitative estimate of drug-likeness (QED) is 0.669. The average molecular weight is 276 g/mol. The Morgan fingerprint density at radius 3 is 2.62 bits per heavy atom. The molecule has 0 amide bonds. The van der Waals surface area contributed by atoms with Gasteiger partial charge in [-0.3, -0.25) is 0 Å². The summed E-state index contributed by atoms with van der Waals surface area (Å²) in [6.07, 6.45) is 1.81. The Bertz CT molecular complexity index is 392. The van der Waals surface area contributed by atoms with E-state index in [1.165, 1.54) is 9.74 Å². The van der Waals surface area contributed by atoms with E-state index in [9.17, 15) is 0 Å². The molecule has 0 N–H and O–H groups in total. The number of nitrogens with zero attached hydrogens (tertiary/aromatic N) is 1. The molecule has 2 aromatic rings. The number of fused-ring (bicyclic) bond motifs is 1. The van der Waals surface area contributed by atoms with Crippen molar-refractivity contribution in [2.45, 2.75) is 0 Å². The SMILES string of the molecule is Cl.Cl.[As]c1ccc2cccnc2c1. The summed E-state index contributed by atoms with van der Waals surface area (Å²) < 4.78 is 1.20. The second-order valence-electron chi connectivity index (χ2n) is 2.38. The Balaban J connectivity index is 0.000000720. The topological polar surface area (TPSA) is 12.9 Å². The molecule has 0 aliphatic rings. The van der Waals surface area contributed by atoms with Crippen LogP contribution in [0, 0.1) is 0 Å². The van der Waals surface area contributed by atoms with Crippen LogP contribution in [-0.4, -0.2) is 21.8 Å². The first-order chi connectivity index (χ1) is 5.36. The molecule has 1 aromatic heterocycles. The van der Waals surface area contributed by atoms with E-state index in [0.717, 1.165) is 5.52 Å². The molecule has 0 aliphatic heterocycles. The summed E-state index contributed by atoms with van der Waals surface area (Å²) in [6.45, 7) is 0. The van der Waals surface area contributed by atoms with E-state index in [1.807, 2.05) is 12.3 Å². The molecule has 0 bridgehead atoms. The number of pyridine rings is 1. The van der Waals surface area contributed by atoms with Gasteiger partial charge in [0.1, 0.15) is 0 Å². The first kappa shape index (κ1) is 12.8. The van der Waals surface area contributed by atoms with Crippen LogP contribution in [0.3, 0.4) is 0 Å². The van der Waals surface area contributed by atoms with Gasteiger partial charge < -0.3 is 0 Å². The maximum absolute atomic E-state index is 4.23. The van der Waals surface area contributed by atoms with Gasteiger partial charge in [-0.25, -0.2) is 0 Å². The summed E-state index contributed by atoms with van der Waals surface area (Å²) in [5, 5.41) is 1.20. The van der Waals surface area contributed by atoms with Crippen molar-refractivity contribution in [3.63, 3.8) is 0 Å². The van der Waals surface area contributed by atoms with E-state index in [2.05, 4.69) is 46.1 Å². The zero-order valence-electron chi connectivity index (χ0n) is 6.68. The van der Waals surface area contributed by atoms with Gasteiger partial charge in [0.25, 0.3) is 0 Å². The molecule has 68 valence electrons. The molecule has 0 fully saturated rings. The fourth-order valence-corrected chi connectivity index (χ4v) is 1.47. The predicted octanol–water partition coefficient (Wildman–Crippen LogP) is 1.87. The van der Waals surface area contributed by atoms with Crippen molar-refractivity contribution >= 4 is 56.9 Å². The van der Waals surface area contributed by atoms with Gasteiger partial charge in [0.05, 0.1) is 0 Å². The minimum absolute atomic E-state index is 0. The van der Waals surface area contributed by atoms with Crippen molar-refractivity contribution in [3.8, 4) is 0 Å². The fraction of sp³-hybridized carbons (Fsp3) is 0. The number of halogens is 2. The second kappa shape index (κ2) is 5.49. The Labute approximate surface area is 98.3 Å². The summed E-state index contributed by atoms with van der Waals surface area (Å²) in [7, 11) is 0. The number of benzene rings is 1. The fourth-order valence-electron chi connectivity index (χ4n) is 1.05. The van der Waals surface area contributed by atoms with E-state index in [1.54, 1.807) is 0 Å². The molecule has 0 unspecified atom stereocenters. The number of hydrogen-bond acceptors (Lipinski definition) is 1. The van der Waals surface area contributed by atoms with Gasteiger partial charge >= 0.3 is 73.6 Å². The van der Waals surface area contributed by atoms with Crippen LogP contribution in [0.5, 0.6) is 0 Å². The molecule has 1 aromatic carbocycles. The van der Waals surface area contributed by atoms with Gasteiger partial charge in [-0.1, -0.05) is 0 Å². The number of aromatic nitrogens is 1. The van der Waals surface area contributed by atoms with Crippen molar-refractivity contribution in [1.29, 1.82) is 0 Å². The standard InChI is InChI=1S/C9H6AsN.2ClH/c10-8-4-3-7-2-1-5-11-9(7)6-8;;/h1-6H;2*1H. The first-order valence-corrected chi connectivity index (χ1v) is 4.34. The van der Waals surface area contributed by atoms with E-state index in [-0.39, 0.29) is 24.8 Å². The van der Waals surface area contributed by atoms with Crippen LogP contribution in [0.1, 0.15) is 0 Å². The van der Waals surface area contributed by atoms with E-state index < -0.39 is 0 Å². The number of hydrogen-bond donors (Lipinski definition) is 0. The van der Waals surface area contributed by atoms with Gasteiger partial charge in [0, 0.05) is 0 Å². The molecule has 4 heteroatoms. The Morgan fingerprint density at radius 2 is 1.85 bits per heavy atom. The molecular formula is C9H8AsCl2N. The third-order valence-electron chi connectivity index (χ3n) is 1.59. The van der Waals surface area contributed by atoms with Crippen LogP contribution in [-0.2, 0) is 0 Å². The van der Waals surface area contributed by atoms with Gasteiger partial charge in [0.2, 0.25) is 0 Å². The molecule has 0 aliphatic carbocycles. The van der Waals surface area contributed by atoms with Crippen LogP contribution in [0.4, 0.5) is 0 Å². The molecule has 0 saturated heterocycles. The molecule has 13 heavy (non-hydrogen) atoms. The van der Waals surface area contributed by atoms with Gasteiger partial charge in [0.15, 0.2) is 0 Å². The van der Waals surface area contributed by atoms with Gasteiger partial charge in [-0.2, -0.15) is 0 Å². The monoisotopic (exact) mass is 275 g/mol. The molecule has 1 nitrogen and oxygen atoms in total. The summed E-state index contributed by atoms with van der Waals surface area (Å²) in [6, 6.07) is 10.2. The third-order valence-corrected chi connectivity index (χ3v) is 2.17. The number of rotatable bonds is 0. The molecular weight excluding hydrogens is 268 g/mol. The van der Waals surface area contributed by atoms with Crippen LogP contribution in [0.25, 0.3) is 10.9 Å². The van der Waals surface area contributed by atoms with Crippen molar-refractivity contribution < 1.29 is 0 Å². The van der Waals surface area contributed by atoms with Crippen molar-refractivity contribution in [2.24, 2.45) is 0 Å². The summed E-state index contributed by atoms with van der Waals surface area (Å²) in [5.74, 6) is 0. The van der Waals surface area contributed by atoms with Crippen molar-refractivity contribution in [2.75, 3.05) is 0 Å². The molecule has 2 radical (unpaired) electrons. The first-order valence-electron chi connectivity index (χ1n) is 3.40.